The molecule has 7 nitrogen and oxygen atoms in total. The van der Waals surface area contributed by atoms with E-state index in [1.165, 1.54) is 31.4 Å². The summed E-state index contributed by atoms with van der Waals surface area (Å²) in [5.74, 6) is 0.318. The molecule has 0 bridgehead atoms. The van der Waals surface area contributed by atoms with Gasteiger partial charge in [0.05, 0.1) is 7.11 Å². The summed E-state index contributed by atoms with van der Waals surface area (Å²) in [5.41, 5.74) is 1.50. The predicted octanol–water partition coefficient (Wildman–Crippen LogP) is 3.78. The van der Waals surface area contributed by atoms with Crippen LogP contribution in [0.2, 0.25) is 0 Å². The smallest absolute Gasteiger partial charge is 0.345 e. The Balaban J connectivity index is 1.70. The van der Waals surface area contributed by atoms with Gasteiger partial charge in [0.1, 0.15) is 24.7 Å². The average molecular weight is 370 g/mol. The SMILES string of the molecule is COC(=O)c1c(-c2ccc(F)cc2)noc1Nc1ccc2c(c1)OCCO2. The maximum Gasteiger partial charge on any atom is 0.345 e. The molecular weight excluding hydrogens is 355 g/mol. The molecule has 8 heteroatoms. The van der Waals surface area contributed by atoms with Crippen molar-refractivity contribution in [1.29, 1.82) is 0 Å². The number of aromatic nitrogens is 1. The molecule has 0 saturated heterocycles. The molecule has 0 amide bonds. The molecule has 2 aromatic carbocycles. The highest BCUT2D eigenvalue weighted by atomic mass is 19.1. The third-order valence-corrected chi connectivity index (χ3v) is 4.00. The molecular formula is C19H15FN2O5. The standard InChI is InChI=1S/C19H15FN2O5/c1-24-19(23)16-17(11-2-4-12(20)5-3-11)22-27-18(16)21-13-6-7-14-15(10-13)26-9-8-25-14/h2-7,10,21H,8-9H2,1H3. The summed E-state index contributed by atoms with van der Waals surface area (Å²) >= 11 is 0. The van der Waals surface area contributed by atoms with Gasteiger partial charge in [-0.2, -0.15) is 0 Å². The van der Waals surface area contributed by atoms with Gasteiger partial charge in [0, 0.05) is 17.3 Å². The summed E-state index contributed by atoms with van der Waals surface area (Å²) < 4.78 is 34.4. The van der Waals surface area contributed by atoms with Crippen LogP contribution in [-0.2, 0) is 4.74 Å². The molecule has 138 valence electrons. The molecule has 3 aromatic rings. The molecule has 1 aliphatic heterocycles. The van der Waals surface area contributed by atoms with E-state index in [1.807, 2.05) is 0 Å². The van der Waals surface area contributed by atoms with Crippen LogP contribution in [0.4, 0.5) is 16.0 Å². The summed E-state index contributed by atoms with van der Waals surface area (Å²) in [6.07, 6.45) is 0. The summed E-state index contributed by atoms with van der Waals surface area (Å²) in [6, 6.07) is 10.8. The Hall–Kier alpha value is -3.55. The number of nitrogens with one attached hydrogen (secondary N) is 1. The van der Waals surface area contributed by atoms with Crippen LogP contribution in [0.15, 0.2) is 47.0 Å². The van der Waals surface area contributed by atoms with Crippen molar-refractivity contribution in [2.75, 3.05) is 25.6 Å². The van der Waals surface area contributed by atoms with Crippen LogP contribution in [0.1, 0.15) is 10.4 Å². The summed E-state index contributed by atoms with van der Waals surface area (Å²) in [7, 11) is 1.26. The number of rotatable bonds is 4. The Bertz CT molecular complexity index is 984. The van der Waals surface area contributed by atoms with Gasteiger partial charge in [0.2, 0.25) is 5.88 Å². The highest BCUT2D eigenvalue weighted by molar-refractivity contribution is 6.01. The third-order valence-electron chi connectivity index (χ3n) is 4.00. The number of halogens is 1. The Morgan fingerprint density at radius 3 is 2.59 bits per heavy atom. The van der Waals surface area contributed by atoms with Crippen LogP contribution < -0.4 is 14.8 Å². The fraction of sp³-hybridized carbons (Fsp3) is 0.158. The van der Waals surface area contributed by atoms with Crippen molar-refractivity contribution in [2.45, 2.75) is 0 Å². The molecule has 0 spiro atoms. The van der Waals surface area contributed by atoms with Crippen LogP contribution in [0.3, 0.4) is 0 Å². The van der Waals surface area contributed by atoms with Gasteiger partial charge < -0.3 is 24.1 Å². The second kappa shape index (κ2) is 6.99. The molecule has 0 unspecified atom stereocenters. The van der Waals surface area contributed by atoms with Crippen molar-refractivity contribution in [3.8, 4) is 22.8 Å². The molecule has 0 atom stereocenters. The maximum absolute atomic E-state index is 13.2. The topological polar surface area (TPSA) is 82.8 Å². The summed E-state index contributed by atoms with van der Waals surface area (Å²) in [5, 5.41) is 6.95. The molecule has 0 saturated carbocycles. The van der Waals surface area contributed by atoms with Crippen LogP contribution in [0.25, 0.3) is 11.3 Å². The van der Waals surface area contributed by atoms with Crippen LogP contribution in [-0.4, -0.2) is 31.4 Å². The second-order valence-electron chi connectivity index (χ2n) is 5.72. The van der Waals surface area contributed by atoms with Gasteiger partial charge in [-0.15, -0.1) is 0 Å². The molecule has 2 heterocycles. The zero-order valence-electron chi connectivity index (χ0n) is 14.3. The van der Waals surface area contributed by atoms with E-state index < -0.39 is 11.8 Å². The summed E-state index contributed by atoms with van der Waals surface area (Å²) in [4.78, 5) is 12.3. The minimum Gasteiger partial charge on any atom is -0.486 e. The normalized spacial score (nSPS) is 12.5. The monoisotopic (exact) mass is 370 g/mol. The van der Waals surface area contributed by atoms with E-state index in [-0.39, 0.29) is 17.1 Å². The number of methoxy groups -OCH3 is 1. The zero-order valence-corrected chi connectivity index (χ0v) is 14.3. The first-order chi connectivity index (χ1) is 13.2. The number of esters is 1. The van der Waals surface area contributed by atoms with Gasteiger partial charge >= 0.3 is 5.97 Å². The number of carbonyl (C=O) groups is 1. The van der Waals surface area contributed by atoms with Gasteiger partial charge in [-0.05, 0) is 36.4 Å². The Kier molecular flexibility index (Phi) is 4.37. The number of hydrogen-bond acceptors (Lipinski definition) is 7. The van der Waals surface area contributed by atoms with Crippen molar-refractivity contribution in [2.24, 2.45) is 0 Å². The highest BCUT2D eigenvalue weighted by Crippen LogP contribution is 2.36. The van der Waals surface area contributed by atoms with E-state index in [2.05, 4.69) is 10.5 Å². The van der Waals surface area contributed by atoms with Gasteiger partial charge in [-0.25, -0.2) is 9.18 Å². The average Bonchev–Trinajstić information content (AvgIpc) is 3.11. The molecule has 1 aromatic heterocycles. The molecule has 0 aliphatic carbocycles. The molecule has 4 rings (SSSR count). The van der Waals surface area contributed by atoms with Crippen LogP contribution in [0, 0.1) is 5.82 Å². The predicted molar refractivity (Wildman–Crippen MR) is 94.0 cm³/mol. The van der Waals surface area contributed by atoms with Crippen molar-refractivity contribution in [3.63, 3.8) is 0 Å². The lowest BCUT2D eigenvalue weighted by atomic mass is 10.1. The first-order valence-corrected chi connectivity index (χ1v) is 8.16. The fourth-order valence-corrected chi connectivity index (χ4v) is 2.72. The van der Waals surface area contributed by atoms with Crippen LogP contribution >= 0.6 is 0 Å². The second-order valence-corrected chi connectivity index (χ2v) is 5.72. The lowest BCUT2D eigenvalue weighted by Gasteiger charge is -2.18. The van der Waals surface area contributed by atoms with Crippen molar-refractivity contribution in [3.05, 3.63) is 53.8 Å². The Labute approximate surface area is 153 Å². The first-order valence-electron chi connectivity index (χ1n) is 8.16. The van der Waals surface area contributed by atoms with E-state index in [0.29, 0.717) is 36.0 Å². The lowest BCUT2D eigenvalue weighted by molar-refractivity contribution is 0.0602. The number of benzene rings is 2. The number of ether oxygens (including phenoxy) is 3. The number of carbonyl (C=O) groups excluding carboxylic acids is 1. The number of nitrogens with zero attached hydrogens (tertiary/aromatic N) is 1. The minimum absolute atomic E-state index is 0.109. The van der Waals surface area contributed by atoms with Crippen molar-refractivity contribution < 1.29 is 27.9 Å². The molecule has 27 heavy (non-hydrogen) atoms. The quantitative estimate of drug-likeness (QED) is 0.700. The number of anilines is 2. The largest absolute Gasteiger partial charge is 0.486 e. The van der Waals surface area contributed by atoms with Gasteiger partial charge in [-0.3, -0.25) is 0 Å². The van der Waals surface area contributed by atoms with E-state index in [9.17, 15) is 9.18 Å². The van der Waals surface area contributed by atoms with Crippen molar-refractivity contribution in [1.82, 2.24) is 5.16 Å². The molecule has 0 radical (unpaired) electrons. The summed E-state index contributed by atoms with van der Waals surface area (Å²) in [6.45, 7) is 0.955. The van der Waals surface area contributed by atoms with E-state index in [0.717, 1.165) is 0 Å². The minimum atomic E-state index is -0.629. The van der Waals surface area contributed by atoms with Gasteiger partial charge in [-0.1, -0.05) is 5.16 Å². The highest BCUT2D eigenvalue weighted by Gasteiger charge is 2.25. The fourth-order valence-electron chi connectivity index (χ4n) is 2.72. The first kappa shape index (κ1) is 16.9. The van der Waals surface area contributed by atoms with E-state index >= 15 is 0 Å². The van der Waals surface area contributed by atoms with E-state index in [4.69, 9.17) is 18.7 Å². The third kappa shape index (κ3) is 3.29. The molecule has 1 N–H and O–H groups in total. The van der Waals surface area contributed by atoms with Crippen molar-refractivity contribution >= 4 is 17.5 Å². The lowest BCUT2D eigenvalue weighted by Crippen LogP contribution is -2.15. The number of fused-ring (bicyclic) bond motifs is 1. The molecule has 0 fully saturated rings. The van der Waals surface area contributed by atoms with E-state index in [1.54, 1.807) is 18.2 Å². The Morgan fingerprint density at radius 1 is 1.11 bits per heavy atom. The maximum atomic E-state index is 13.2. The number of hydrogen-bond donors (Lipinski definition) is 1. The zero-order chi connectivity index (χ0) is 18.8. The Morgan fingerprint density at radius 2 is 1.85 bits per heavy atom. The molecule has 1 aliphatic rings. The van der Waals surface area contributed by atoms with Gasteiger partial charge in [0.15, 0.2) is 17.1 Å². The van der Waals surface area contributed by atoms with Gasteiger partial charge in [0.25, 0.3) is 0 Å². The van der Waals surface area contributed by atoms with Crippen LogP contribution in [0.5, 0.6) is 11.5 Å².